The van der Waals surface area contributed by atoms with E-state index >= 15 is 0 Å². The van der Waals surface area contributed by atoms with Gasteiger partial charge in [-0.1, -0.05) is 84.4 Å². The van der Waals surface area contributed by atoms with Crippen LogP contribution in [0, 0.1) is 0 Å². The van der Waals surface area contributed by atoms with Gasteiger partial charge >= 0.3 is 0 Å². The number of carbonyl (C=O) groups is 3. The Morgan fingerprint density at radius 1 is 0.769 bits per heavy atom. The normalized spacial score (nSPS) is 11.0. The van der Waals surface area contributed by atoms with Crippen molar-refractivity contribution in [3.8, 4) is 0 Å². The van der Waals surface area contributed by atoms with E-state index < -0.39 is 11.8 Å². The Kier molecular flexibility index (Phi) is 9.27. The highest BCUT2D eigenvalue weighted by atomic mass is 35.5. The lowest BCUT2D eigenvalue weighted by molar-refractivity contribution is -0.129. The van der Waals surface area contributed by atoms with Crippen LogP contribution in [-0.4, -0.2) is 29.7 Å². The van der Waals surface area contributed by atoms with E-state index in [1.807, 2.05) is 36.4 Å². The molecule has 39 heavy (non-hydrogen) atoms. The van der Waals surface area contributed by atoms with Gasteiger partial charge in [-0.25, -0.2) is 0 Å². The van der Waals surface area contributed by atoms with Gasteiger partial charge < -0.3 is 15.5 Å². The van der Waals surface area contributed by atoms with Crippen molar-refractivity contribution in [2.24, 2.45) is 0 Å². The molecule has 196 valence electrons. The second-order valence-electron chi connectivity index (χ2n) is 8.99. The number of hydrogen-bond acceptors (Lipinski definition) is 3. The molecule has 3 amide bonds. The Morgan fingerprint density at radius 2 is 1.38 bits per heavy atom. The lowest BCUT2D eigenvalue weighted by Gasteiger charge is -2.17. The number of likely N-dealkylation sites (N-methyl/N-ethyl adjacent to an activating group) is 1. The minimum Gasteiger partial charge on any atom is -0.341 e. The largest absolute Gasteiger partial charge is 0.341 e. The zero-order chi connectivity index (χ0) is 27.6. The quantitative estimate of drug-likeness (QED) is 0.259. The van der Waals surface area contributed by atoms with E-state index in [0.717, 1.165) is 11.1 Å². The highest BCUT2D eigenvalue weighted by Gasteiger charge is 2.16. The molecular formula is C32H28ClN3O3. The molecule has 0 bridgehead atoms. The fraction of sp³-hybridized carbons (Fsp3) is 0.0938. The van der Waals surface area contributed by atoms with Crippen LogP contribution >= 0.6 is 11.6 Å². The predicted octanol–water partition coefficient (Wildman–Crippen LogP) is 5.95. The fourth-order valence-corrected chi connectivity index (χ4v) is 3.95. The van der Waals surface area contributed by atoms with E-state index in [4.69, 9.17) is 11.6 Å². The molecule has 0 aliphatic heterocycles. The SMILES string of the molecule is CN(Cc1ccccc1)C(=O)Cc1ccc(NC(=O)/C(=C\c2ccc(Cl)cc2)NC(=O)c2ccccc2)cc1. The number of anilines is 1. The summed E-state index contributed by atoms with van der Waals surface area (Å²) in [5.41, 5.74) is 3.63. The van der Waals surface area contributed by atoms with Crippen LogP contribution < -0.4 is 10.6 Å². The Bertz CT molecular complexity index is 1450. The zero-order valence-corrected chi connectivity index (χ0v) is 22.2. The van der Waals surface area contributed by atoms with Crippen LogP contribution in [0.5, 0.6) is 0 Å². The van der Waals surface area contributed by atoms with E-state index in [2.05, 4.69) is 10.6 Å². The van der Waals surface area contributed by atoms with E-state index in [0.29, 0.717) is 28.4 Å². The maximum Gasteiger partial charge on any atom is 0.272 e. The molecule has 4 rings (SSSR count). The third kappa shape index (κ3) is 8.15. The Morgan fingerprint density at radius 3 is 2.03 bits per heavy atom. The number of amides is 3. The van der Waals surface area contributed by atoms with Gasteiger partial charge in [0.2, 0.25) is 5.91 Å². The molecule has 0 aliphatic carbocycles. The summed E-state index contributed by atoms with van der Waals surface area (Å²) in [5, 5.41) is 6.10. The Balaban J connectivity index is 1.43. The van der Waals surface area contributed by atoms with Crippen molar-refractivity contribution < 1.29 is 14.4 Å². The minimum absolute atomic E-state index is 0.00699. The van der Waals surface area contributed by atoms with Crippen molar-refractivity contribution in [3.05, 3.63) is 142 Å². The summed E-state index contributed by atoms with van der Waals surface area (Å²) in [6.07, 6.45) is 1.83. The topological polar surface area (TPSA) is 78.5 Å². The van der Waals surface area contributed by atoms with Gasteiger partial charge in [0.25, 0.3) is 11.8 Å². The summed E-state index contributed by atoms with van der Waals surface area (Å²) < 4.78 is 0. The number of halogens is 1. The van der Waals surface area contributed by atoms with Crippen LogP contribution in [0.25, 0.3) is 6.08 Å². The summed E-state index contributed by atoms with van der Waals surface area (Å²) in [6, 6.07) is 32.5. The average molecular weight is 538 g/mol. The maximum absolute atomic E-state index is 13.2. The van der Waals surface area contributed by atoms with Crippen molar-refractivity contribution in [1.29, 1.82) is 0 Å². The van der Waals surface area contributed by atoms with Crippen LogP contribution in [-0.2, 0) is 22.6 Å². The molecule has 0 heterocycles. The van der Waals surface area contributed by atoms with Gasteiger partial charge in [0.15, 0.2) is 0 Å². The van der Waals surface area contributed by atoms with Gasteiger partial charge in [0, 0.05) is 29.9 Å². The van der Waals surface area contributed by atoms with Crippen molar-refractivity contribution in [1.82, 2.24) is 10.2 Å². The van der Waals surface area contributed by atoms with Gasteiger partial charge in [-0.05, 0) is 59.2 Å². The van der Waals surface area contributed by atoms with Gasteiger partial charge in [0.05, 0.1) is 6.42 Å². The fourth-order valence-electron chi connectivity index (χ4n) is 3.83. The number of benzene rings is 4. The van der Waals surface area contributed by atoms with Crippen LogP contribution in [0.3, 0.4) is 0 Å². The molecule has 4 aromatic rings. The molecule has 0 saturated heterocycles. The third-order valence-electron chi connectivity index (χ3n) is 5.97. The van der Waals surface area contributed by atoms with Crippen molar-refractivity contribution in [3.63, 3.8) is 0 Å². The average Bonchev–Trinajstić information content (AvgIpc) is 2.95. The molecule has 0 fully saturated rings. The molecule has 7 heteroatoms. The molecule has 0 saturated carbocycles. The summed E-state index contributed by atoms with van der Waals surface area (Å²) in [6.45, 7) is 0.533. The highest BCUT2D eigenvalue weighted by Crippen LogP contribution is 2.16. The predicted molar refractivity (Wildman–Crippen MR) is 155 cm³/mol. The monoisotopic (exact) mass is 537 g/mol. The first kappa shape index (κ1) is 27.4. The number of nitrogens with zero attached hydrogens (tertiary/aromatic N) is 1. The minimum atomic E-state index is -0.486. The second kappa shape index (κ2) is 13.2. The van der Waals surface area contributed by atoms with Crippen molar-refractivity contribution in [2.45, 2.75) is 13.0 Å². The van der Waals surface area contributed by atoms with Crippen molar-refractivity contribution in [2.75, 3.05) is 12.4 Å². The van der Waals surface area contributed by atoms with Crippen LogP contribution in [0.4, 0.5) is 5.69 Å². The highest BCUT2D eigenvalue weighted by molar-refractivity contribution is 6.30. The second-order valence-corrected chi connectivity index (χ2v) is 9.43. The first-order chi connectivity index (χ1) is 18.9. The Hall–Kier alpha value is -4.68. The number of nitrogens with one attached hydrogen (secondary N) is 2. The molecule has 6 nitrogen and oxygen atoms in total. The van der Waals surface area contributed by atoms with Crippen LogP contribution in [0.1, 0.15) is 27.0 Å². The summed E-state index contributed by atoms with van der Waals surface area (Å²) in [7, 11) is 1.78. The van der Waals surface area contributed by atoms with Gasteiger partial charge in [0.1, 0.15) is 5.70 Å². The zero-order valence-electron chi connectivity index (χ0n) is 21.4. The van der Waals surface area contributed by atoms with Gasteiger partial charge in [-0.15, -0.1) is 0 Å². The Labute approximate surface area is 232 Å². The third-order valence-corrected chi connectivity index (χ3v) is 6.22. The molecule has 0 aliphatic rings. The molecule has 0 radical (unpaired) electrons. The molecule has 0 unspecified atom stereocenters. The summed E-state index contributed by atoms with van der Waals surface area (Å²) in [5.74, 6) is -0.896. The lowest BCUT2D eigenvalue weighted by atomic mass is 10.1. The van der Waals surface area contributed by atoms with Crippen LogP contribution in [0.2, 0.25) is 5.02 Å². The number of hydrogen-bond donors (Lipinski definition) is 2. The molecule has 0 atom stereocenters. The molecule has 0 spiro atoms. The first-order valence-electron chi connectivity index (χ1n) is 12.4. The van der Waals surface area contributed by atoms with E-state index in [9.17, 15) is 14.4 Å². The number of carbonyl (C=O) groups excluding carboxylic acids is 3. The summed E-state index contributed by atoms with van der Waals surface area (Å²) >= 11 is 5.99. The smallest absolute Gasteiger partial charge is 0.272 e. The van der Waals surface area contributed by atoms with Gasteiger partial charge in [-0.3, -0.25) is 14.4 Å². The number of rotatable bonds is 9. The van der Waals surface area contributed by atoms with E-state index in [1.54, 1.807) is 90.8 Å². The van der Waals surface area contributed by atoms with Crippen molar-refractivity contribution >= 4 is 41.1 Å². The lowest BCUT2D eigenvalue weighted by Crippen LogP contribution is -2.30. The van der Waals surface area contributed by atoms with E-state index in [-0.39, 0.29) is 18.0 Å². The molecular weight excluding hydrogens is 510 g/mol. The summed E-state index contributed by atoms with van der Waals surface area (Å²) in [4.78, 5) is 40.4. The first-order valence-corrected chi connectivity index (χ1v) is 12.8. The van der Waals surface area contributed by atoms with Crippen LogP contribution in [0.15, 0.2) is 115 Å². The molecule has 2 N–H and O–H groups in total. The van der Waals surface area contributed by atoms with E-state index in [1.165, 1.54) is 0 Å². The standard InChI is InChI=1S/C32H28ClN3O3/c1-36(22-25-8-4-2-5-9-25)30(37)21-24-14-18-28(19-15-24)34-32(39)29(20-23-12-16-27(33)17-13-23)35-31(38)26-10-6-3-7-11-26/h2-20H,21-22H2,1H3,(H,34,39)(H,35,38)/b29-20+. The maximum atomic E-state index is 13.2. The molecule has 0 aromatic heterocycles. The molecule has 4 aromatic carbocycles. The van der Waals surface area contributed by atoms with Gasteiger partial charge in [-0.2, -0.15) is 0 Å².